The van der Waals surface area contributed by atoms with Crippen LogP contribution in [0.1, 0.15) is 19.8 Å². The van der Waals surface area contributed by atoms with Crippen LogP contribution in [0.15, 0.2) is 47.4 Å². The SMILES string of the molecule is CCCOC(=O)OC1CCS(OS(=O)(=O)C(F)(F)C(F)(F)C(F)(F)C(F)(F)F)(c2cccc3ccccc23)C1. The Morgan fingerprint density at radius 1 is 0.949 bits per heavy atom. The van der Waals surface area contributed by atoms with Crippen molar-refractivity contribution < 1.29 is 65.8 Å². The van der Waals surface area contributed by atoms with Gasteiger partial charge in [0.15, 0.2) is 0 Å². The summed E-state index contributed by atoms with van der Waals surface area (Å²) in [4.78, 5) is 11.8. The Labute approximate surface area is 218 Å². The number of fused-ring (bicyclic) bond motifs is 1. The van der Waals surface area contributed by atoms with Gasteiger partial charge in [-0.3, -0.25) is 0 Å². The van der Waals surface area contributed by atoms with Crippen molar-refractivity contribution in [1.29, 1.82) is 0 Å². The molecule has 1 heterocycles. The zero-order valence-electron chi connectivity index (χ0n) is 19.8. The first-order chi connectivity index (χ1) is 17.8. The summed E-state index contributed by atoms with van der Waals surface area (Å²) in [7, 11) is -10.9. The standard InChI is InChI=1S/C22H21F9O6S2/c1-2-11-35-18(32)36-15-10-12-38(13-15,17-9-5-7-14-6-3-4-8-16(14)17)37-39(33,34)22(30,31)20(25,26)19(23,24)21(27,28)29/h3-9,15H,2,10-13H2,1H3. The van der Waals surface area contributed by atoms with Crippen LogP contribution in [0.2, 0.25) is 0 Å². The van der Waals surface area contributed by atoms with Crippen molar-refractivity contribution in [2.75, 3.05) is 18.1 Å². The average molecular weight is 617 g/mol. The molecule has 2 unspecified atom stereocenters. The van der Waals surface area contributed by atoms with Gasteiger partial charge in [-0.15, -0.1) is 0 Å². The first-order valence-corrected chi connectivity index (χ1v) is 14.4. The summed E-state index contributed by atoms with van der Waals surface area (Å²) in [6, 6.07) is 10.0. The minimum absolute atomic E-state index is 0.0630. The molecule has 1 saturated heterocycles. The third kappa shape index (κ3) is 5.49. The molecular weight excluding hydrogens is 595 g/mol. The number of ether oxygens (including phenoxy) is 2. The number of carbonyl (C=O) groups is 1. The number of alkyl halides is 9. The molecule has 2 aromatic carbocycles. The molecule has 1 fully saturated rings. The van der Waals surface area contributed by atoms with E-state index in [0.717, 1.165) is 0 Å². The predicted octanol–water partition coefficient (Wildman–Crippen LogP) is 7.03. The minimum atomic E-state index is -7.45. The number of benzene rings is 2. The first kappa shape index (κ1) is 31.1. The van der Waals surface area contributed by atoms with Gasteiger partial charge in [-0.1, -0.05) is 53.6 Å². The Morgan fingerprint density at radius 2 is 1.56 bits per heavy atom. The lowest BCUT2D eigenvalue weighted by Gasteiger charge is -2.38. The van der Waals surface area contributed by atoms with Crippen LogP contribution in [0.3, 0.4) is 0 Å². The van der Waals surface area contributed by atoms with Crippen molar-refractivity contribution in [3.8, 4) is 0 Å². The fraction of sp³-hybridized carbons (Fsp3) is 0.500. The molecule has 220 valence electrons. The topological polar surface area (TPSA) is 78.9 Å². The highest BCUT2D eigenvalue weighted by Gasteiger charge is 2.86. The van der Waals surface area contributed by atoms with Gasteiger partial charge in [-0.25, -0.2) is 8.42 Å². The van der Waals surface area contributed by atoms with Crippen molar-refractivity contribution in [3.63, 3.8) is 0 Å². The van der Waals surface area contributed by atoms with Gasteiger partial charge < -0.3 is 9.47 Å². The summed E-state index contributed by atoms with van der Waals surface area (Å²) in [6.45, 7) is 1.60. The molecule has 0 bridgehead atoms. The van der Waals surface area contributed by atoms with Gasteiger partial charge in [0, 0.05) is 16.4 Å². The second-order valence-electron chi connectivity index (χ2n) is 8.47. The molecule has 3 rings (SSSR count). The Balaban J connectivity index is 2.10. The molecule has 0 saturated carbocycles. The molecule has 0 radical (unpaired) electrons. The lowest BCUT2D eigenvalue weighted by atomic mass is 10.1. The Hall–Kier alpha value is -2.40. The minimum Gasteiger partial charge on any atom is -0.434 e. The number of carbonyl (C=O) groups excluding carboxylic acids is 1. The quantitative estimate of drug-likeness (QED) is 0.223. The smallest absolute Gasteiger partial charge is 0.434 e. The fourth-order valence-corrected chi connectivity index (χ4v) is 9.69. The van der Waals surface area contributed by atoms with Gasteiger partial charge in [0.05, 0.1) is 6.61 Å². The predicted molar refractivity (Wildman–Crippen MR) is 122 cm³/mol. The lowest BCUT2D eigenvalue weighted by Crippen LogP contribution is -2.63. The highest BCUT2D eigenvalue weighted by molar-refractivity contribution is 8.33. The highest BCUT2D eigenvalue weighted by atomic mass is 32.3. The summed E-state index contributed by atoms with van der Waals surface area (Å²) >= 11 is 0. The van der Waals surface area contributed by atoms with Crippen molar-refractivity contribution in [1.82, 2.24) is 0 Å². The molecule has 6 nitrogen and oxygen atoms in total. The third-order valence-corrected chi connectivity index (χ3v) is 11.3. The molecule has 2 aromatic rings. The molecule has 0 N–H and O–H groups in total. The van der Waals surface area contributed by atoms with Crippen LogP contribution in [0, 0.1) is 0 Å². The Morgan fingerprint density at radius 3 is 2.18 bits per heavy atom. The molecule has 0 amide bonds. The van der Waals surface area contributed by atoms with E-state index < -0.39 is 67.5 Å². The van der Waals surface area contributed by atoms with E-state index in [4.69, 9.17) is 9.47 Å². The molecule has 1 aliphatic rings. The van der Waals surface area contributed by atoms with Crippen molar-refractivity contribution in [3.05, 3.63) is 42.5 Å². The van der Waals surface area contributed by atoms with Crippen LogP contribution in [0.4, 0.5) is 44.3 Å². The number of hydrogen-bond donors (Lipinski definition) is 0. The van der Waals surface area contributed by atoms with Gasteiger partial charge in [-0.05, 0) is 29.7 Å². The zero-order valence-corrected chi connectivity index (χ0v) is 21.5. The molecule has 2 atom stereocenters. The van der Waals surface area contributed by atoms with E-state index in [1.807, 2.05) is 0 Å². The van der Waals surface area contributed by atoms with Crippen molar-refractivity contribution in [2.45, 2.75) is 54.0 Å². The van der Waals surface area contributed by atoms with E-state index in [0.29, 0.717) is 11.8 Å². The summed E-state index contributed by atoms with van der Waals surface area (Å²) in [5, 5.41) is -6.41. The molecule has 0 spiro atoms. The molecule has 17 heteroatoms. The van der Waals surface area contributed by atoms with E-state index in [9.17, 15) is 52.7 Å². The van der Waals surface area contributed by atoms with E-state index >= 15 is 0 Å². The van der Waals surface area contributed by atoms with E-state index in [1.54, 1.807) is 13.0 Å². The normalized spacial score (nSPS) is 22.9. The third-order valence-electron chi connectivity index (χ3n) is 5.71. The van der Waals surface area contributed by atoms with E-state index in [1.165, 1.54) is 36.4 Å². The molecular formula is C22H21F9O6S2. The van der Waals surface area contributed by atoms with Crippen molar-refractivity contribution in [2.24, 2.45) is 0 Å². The van der Waals surface area contributed by atoms with Crippen LogP contribution < -0.4 is 0 Å². The van der Waals surface area contributed by atoms with Gasteiger partial charge >= 0.3 is 39.5 Å². The largest absolute Gasteiger partial charge is 0.508 e. The summed E-state index contributed by atoms with van der Waals surface area (Å²) in [5.41, 5.74) is 0. The maximum Gasteiger partial charge on any atom is 0.508 e. The molecule has 0 aromatic heterocycles. The van der Waals surface area contributed by atoms with Crippen molar-refractivity contribution >= 4 is 37.4 Å². The average Bonchev–Trinajstić information content (AvgIpc) is 3.23. The summed E-state index contributed by atoms with van der Waals surface area (Å²) in [5.74, 6) is -16.1. The molecule has 1 aliphatic heterocycles. The highest BCUT2D eigenvalue weighted by Crippen LogP contribution is 2.66. The first-order valence-electron chi connectivity index (χ1n) is 11.1. The number of rotatable bonds is 9. The summed E-state index contributed by atoms with van der Waals surface area (Å²) < 4.78 is 161. The second-order valence-corrected chi connectivity index (χ2v) is 13.2. The van der Waals surface area contributed by atoms with Crippen LogP contribution in [-0.2, 0) is 23.2 Å². The van der Waals surface area contributed by atoms with Crippen LogP contribution in [0.5, 0.6) is 0 Å². The van der Waals surface area contributed by atoms with Gasteiger partial charge in [0.2, 0.25) is 0 Å². The maximum absolute atomic E-state index is 14.6. The molecule has 0 aliphatic carbocycles. The van der Waals surface area contributed by atoms with Crippen LogP contribution in [0.25, 0.3) is 10.8 Å². The lowest BCUT2D eigenvalue weighted by molar-refractivity contribution is -0.382. The number of hydrogen-bond acceptors (Lipinski definition) is 6. The van der Waals surface area contributed by atoms with Crippen LogP contribution in [-0.4, -0.2) is 62.1 Å². The Kier molecular flexibility index (Phi) is 8.41. The fourth-order valence-electron chi connectivity index (χ4n) is 3.79. The monoisotopic (exact) mass is 616 g/mol. The molecule has 39 heavy (non-hydrogen) atoms. The zero-order chi connectivity index (χ0) is 29.5. The second kappa shape index (κ2) is 10.5. The summed E-state index contributed by atoms with van der Waals surface area (Å²) in [6.07, 6.45) is -9.53. The van der Waals surface area contributed by atoms with E-state index in [-0.39, 0.29) is 23.3 Å². The van der Waals surface area contributed by atoms with E-state index in [2.05, 4.69) is 3.63 Å². The number of halogens is 9. The maximum atomic E-state index is 14.6. The van der Waals surface area contributed by atoms with Crippen LogP contribution >= 0.6 is 10.3 Å². The van der Waals surface area contributed by atoms with Gasteiger partial charge in [-0.2, -0.15) is 47.9 Å². The van der Waals surface area contributed by atoms with Gasteiger partial charge in [0.1, 0.15) is 6.10 Å². The Bertz CT molecular complexity index is 1310. The van der Waals surface area contributed by atoms with Gasteiger partial charge in [0.25, 0.3) is 0 Å².